The zero-order chi connectivity index (χ0) is 20.7. The van der Waals surface area contributed by atoms with Gasteiger partial charge in [0.2, 0.25) is 5.91 Å². The summed E-state index contributed by atoms with van der Waals surface area (Å²) in [5, 5.41) is 3.07. The van der Waals surface area contributed by atoms with Gasteiger partial charge < -0.3 is 20.5 Å². The van der Waals surface area contributed by atoms with E-state index in [2.05, 4.69) is 15.3 Å². The molecule has 3 N–H and O–H groups in total. The molecule has 0 saturated carbocycles. The SMILES string of the molecule is CCOC(=O)c1cnc(S[C@@H](CC)C(=O)Nc2cc(Cl)ccc2OC)nc1N. The summed E-state index contributed by atoms with van der Waals surface area (Å²) in [5.74, 6) is -0.348. The molecule has 2 aromatic rings. The minimum absolute atomic E-state index is 0.00252. The van der Waals surface area contributed by atoms with Gasteiger partial charge in [-0.25, -0.2) is 14.8 Å². The van der Waals surface area contributed by atoms with Crippen LogP contribution in [0.15, 0.2) is 29.6 Å². The summed E-state index contributed by atoms with van der Waals surface area (Å²) >= 11 is 7.14. The molecule has 1 heterocycles. The van der Waals surface area contributed by atoms with Crippen molar-refractivity contribution < 1.29 is 19.1 Å². The van der Waals surface area contributed by atoms with Gasteiger partial charge in [-0.3, -0.25) is 4.79 Å². The number of hydrogen-bond acceptors (Lipinski definition) is 8. The van der Waals surface area contributed by atoms with Gasteiger partial charge in [-0.1, -0.05) is 30.3 Å². The smallest absolute Gasteiger partial charge is 0.343 e. The largest absolute Gasteiger partial charge is 0.495 e. The number of aromatic nitrogens is 2. The number of anilines is 2. The predicted octanol–water partition coefficient (Wildman–Crippen LogP) is 3.41. The first-order valence-corrected chi connectivity index (χ1v) is 9.76. The Morgan fingerprint density at radius 2 is 2.11 bits per heavy atom. The van der Waals surface area contributed by atoms with Gasteiger partial charge in [0.05, 0.1) is 24.7 Å². The van der Waals surface area contributed by atoms with Crippen molar-refractivity contribution in [1.29, 1.82) is 0 Å². The summed E-state index contributed by atoms with van der Waals surface area (Å²) in [5.41, 5.74) is 6.39. The monoisotopic (exact) mass is 424 g/mol. The average molecular weight is 425 g/mol. The number of nitrogens with one attached hydrogen (secondary N) is 1. The van der Waals surface area contributed by atoms with Crippen molar-refractivity contribution in [3.8, 4) is 5.75 Å². The molecule has 0 bridgehead atoms. The molecule has 1 aromatic carbocycles. The second-order valence-electron chi connectivity index (χ2n) is 5.52. The van der Waals surface area contributed by atoms with Crippen LogP contribution in [0, 0.1) is 0 Å². The Hall–Kier alpha value is -2.52. The first kappa shape index (κ1) is 21.8. The molecular formula is C18H21ClN4O4S. The molecule has 0 saturated heterocycles. The van der Waals surface area contributed by atoms with E-state index in [0.29, 0.717) is 22.9 Å². The van der Waals surface area contributed by atoms with Crippen LogP contribution in [0.2, 0.25) is 5.02 Å². The maximum atomic E-state index is 12.7. The van der Waals surface area contributed by atoms with Crippen LogP contribution < -0.4 is 15.8 Å². The van der Waals surface area contributed by atoms with Gasteiger partial charge in [0.1, 0.15) is 17.1 Å². The first-order chi connectivity index (χ1) is 13.4. The molecule has 0 radical (unpaired) electrons. The first-order valence-electron chi connectivity index (χ1n) is 8.50. The molecule has 0 spiro atoms. The van der Waals surface area contributed by atoms with Gasteiger partial charge >= 0.3 is 5.97 Å². The summed E-state index contributed by atoms with van der Waals surface area (Å²) < 4.78 is 10.1. The number of benzene rings is 1. The van der Waals surface area contributed by atoms with Gasteiger partial charge in [0, 0.05) is 11.2 Å². The van der Waals surface area contributed by atoms with Crippen molar-refractivity contribution in [2.24, 2.45) is 0 Å². The molecule has 0 fully saturated rings. The van der Waals surface area contributed by atoms with Crippen LogP contribution in [0.3, 0.4) is 0 Å². The summed E-state index contributed by atoms with van der Waals surface area (Å²) in [7, 11) is 1.51. The second-order valence-corrected chi connectivity index (χ2v) is 7.13. The third kappa shape index (κ3) is 5.49. The normalized spacial score (nSPS) is 11.6. The van der Waals surface area contributed by atoms with Crippen LogP contribution in [0.5, 0.6) is 5.75 Å². The Balaban J connectivity index is 2.13. The fourth-order valence-electron chi connectivity index (χ4n) is 2.24. The molecule has 0 aliphatic heterocycles. The summed E-state index contributed by atoms with van der Waals surface area (Å²) in [6.45, 7) is 3.78. The molecule has 10 heteroatoms. The van der Waals surface area contributed by atoms with E-state index in [1.165, 1.54) is 13.3 Å². The van der Waals surface area contributed by atoms with E-state index in [9.17, 15) is 9.59 Å². The topological polar surface area (TPSA) is 116 Å². The van der Waals surface area contributed by atoms with Crippen molar-refractivity contribution >= 4 is 46.7 Å². The molecule has 0 aliphatic carbocycles. The van der Waals surface area contributed by atoms with Crippen LogP contribution in [0.1, 0.15) is 30.6 Å². The van der Waals surface area contributed by atoms with Gasteiger partial charge in [-0.05, 0) is 31.5 Å². The number of nitrogens with two attached hydrogens (primary N) is 1. The fourth-order valence-corrected chi connectivity index (χ4v) is 3.27. The van der Waals surface area contributed by atoms with Crippen molar-refractivity contribution in [2.75, 3.05) is 24.8 Å². The average Bonchev–Trinajstić information content (AvgIpc) is 2.66. The number of hydrogen-bond donors (Lipinski definition) is 2. The number of amides is 1. The Bertz CT molecular complexity index is 865. The zero-order valence-electron chi connectivity index (χ0n) is 15.7. The Kier molecular flexibility index (Phi) is 7.89. The number of esters is 1. The van der Waals surface area contributed by atoms with Crippen molar-refractivity contribution in [2.45, 2.75) is 30.7 Å². The zero-order valence-corrected chi connectivity index (χ0v) is 17.3. The van der Waals surface area contributed by atoms with E-state index in [1.807, 2.05) is 6.92 Å². The number of nitrogens with zero attached hydrogens (tertiary/aromatic N) is 2. The number of ether oxygens (including phenoxy) is 2. The highest BCUT2D eigenvalue weighted by molar-refractivity contribution is 8.00. The third-order valence-corrected chi connectivity index (χ3v) is 5.10. The molecule has 1 aromatic heterocycles. The lowest BCUT2D eigenvalue weighted by Crippen LogP contribution is -2.25. The number of rotatable bonds is 8. The Morgan fingerprint density at radius 3 is 2.71 bits per heavy atom. The second kappa shape index (κ2) is 10.1. The predicted molar refractivity (Wildman–Crippen MR) is 109 cm³/mol. The van der Waals surface area contributed by atoms with Crippen molar-refractivity contribution in [1.82, 2.24) is 9.97 Å². The van der Waals surface area contributed by atoms with Crippen molar-refractivity contribution in [3.05, 3.63) is 35.0 Å². The Labute approximate surface area is 172 Å². The standard InChI is InChI=1S/C18H21ClN4O4S/c1-4-14(16(24)22-12-8-10(19)6-7-13(12)26-3)28-18-21-9-11(15(20)23-18)17(25)27-5-2/h6-9,14H,4-5H2,1-3H3,(H,22,24)(H2,20,21,23)/t14-/m0/s1. The lowest BCUT2D eigenvalue weighted by Gasteiger charge is -2.16. The lowest BCUT2D eigenvalue weighted by atomic mass is 10.2. The molecule has 1 amide bonds. The van der Waals surface area contributed by atoms with Crippen LogP contribution in [-0.4, -0.2) is 40.8 Å². The number of thioether (sulfide) groups is 1. The van der Waals surface area contributed by atoms with Gasteiger partial charge in [0.25, 0.3) is 0 Å². The van der Waals surface area contributed by atoms with Crippen LogP contribution >= 0.6 is 23.4 Å². The minimum Gasteiger partial charge on any atom is -0.495 e. The molecule has 0 unspecified atom stereocenters. The van der Waals surface area contributed by atoms with E-state index in [4.69, 9.17) is 26.8 Å². The summed E-state index contributed by atoms with van der Waals surface area (Å²) in [6, 6.07) is 4.95. The molecular weight excluding hydrogens is 404 g/mol. The highest BCUT2D eigenvalue weighted by Crippen LogP contribution is 2.30. The highest BCUT2D eigenvalue weighted by Gasteiger charge is 2.22. The molecule has 28 heavy (non-hydrogen) atoms. The van der Waals surface area contributed by atoms with Crippen LogP contribution in [-0.2, 0) is 9.53 Å². The van der Waals surface area contributed by atoms with Crippen LogP contribution in [0.25, 0.3) is 0 Å². The van der Waals surface area contributed by atoms with Gasteiger partial charge in [-0.15, -0.1) is 0 Å². The number of carbonyl (C=O) groups excluding carboxylic acids is 2. The number of nitrogen functional groups attached to an aromatic ring is 1. The number of methoxy groups -OCH3 is 1. The number of halogens is 1. The van der Waals surface area contributed by atoms with E-state index in [0.717, 1.165) is 11.8 Å². The fraction of sp³-hybridized carbons (Fsp3) is 0.333. The minimum atomic E-state index is -0.589. The molecule has 0 aliphatic rings. The summed E-state index contributed by atoms with van der Waals surface area (Å²) in [6.07, 6.45) is 1.82. The highest BCUT2D eigenvalue weighted by atomic mass is 35.5. The van der Waals surface area contributed by atoms with Crippen molar-refractivity contribution in [3.63, 3.8) is 0 Å². The third-order valence-electron chi connectivity index (χ3n) is 3.62. The summed E-state index contributed by atoms with van der Waals surface area (Å²) in [4.78, 5) is 32.7. The molecule has 8 nitrogen and oxygen atoms in total. The van der Waals surface area contributed by atoms with E-state index >= 15 is 0 Å². The van der Waals surface area contributed by atoms with E-state index < -0.39 is 11.2 Å². The number of carbonyl (C=O) groups is 2. The van der Waals surface area contributed by atoms with Gasteiger partial charge in [0.15, 0.2) is 5.16 Å². The maximum Gasteiger partial charge on any atom is 0.343 e. The molecule has 150 valence electrons. The van der Waals surface area contributed by atoms with E-state index in [-0.39, 0.29) is 29.1 Å². The Morgan fingerprint density at radius 1 is 1.36 bits per heavy atom. The van der Waals surface area contributed by atoms with Gasteiger partial charge in [-0.2, -0.15) is 0 Å². The maximum absolute atomic E-state index is 12.7. The van der Waals surface area contributed by atoms with E-state index in [1.54, 1.807) is 25.1 Å². The van der Waals surface area contributed by atoms with Crippen LogP contribution in [0.4, 0.5) is 11.5 Å². The molecule has 1 atom stereocenters. The lowest BCUT2D eigenvalue weighted by molar-refractivity contribution is -0.115. The quantitative estimate of drug-likeness (QED) is 0.376. The molecule has 2 rings (SSSR count).